The van der Waals surface area contributed by atoms with Crippen LogP contribution in [0.1, 0.15) is 48.6 Å². The highest BCUT2D eigenvalue weighted by Crippen LogP contribution is 2.40. The monoisotopic (exact) mass is 268 g/mol. The zero-order chi connectivity index (χ0) is 13.9. The molecule has 1 saturated carbocycles. The first-order chi connectivity index (χ1) is 9.72. The van der Waals surface area contributed by atoms with E-state index in [2.05, 4.69) is 0 Å². The fourth-order valence-electron chi connectivity index (χ4n) is 3.25. The topological polar surface area (TPSA) is 40.5 Å². The van der Waals surface area contributed by atoms with Gasteiger partial charge in [-0.05, 0) is 72.9 Å². The minimum absolute atomic E-state index is 0.339. The average molecular weight is 268 g/mol. The molecule has 2 N–H and O–H groups in total. The average Bonchev–Trinajstić information content (AvgIpc) is 2.49. The van der Waals surface area contributed by atoms with Crippen LogP contribution in [0.15, 0.2) is 48.5 Å². The first-order valence-electron chi connectivity index (χ1n) is 7.30. The predicted molar refractivity (Wildman–Crippen MR) is 80.2 cm³/mol. The van der Waals surface area contributed by atoms with Crippen molar-refractivity contribution in [3.63, 3.8) is 0 Å². The number of phenolic OH excluding ortho intramolecular Hbond substituents is 2. The van der Waals surface area contributed by atoms with Crippen LogP contribution in [-0.2, 0) is 0 Å². The lowest BCUT2D eigenvalue weighted by Crippen LogP contribution is -2.12. The fourth-order valence-corrected chi connectivity index (χ4v) is 3.25. The maximum Gasteiger partial charge on any atom is 0.115 e. The molecule has 0 aromatic heterocycles. The van der Waals surface area contributed by atoms with E-state index in [0.717, 1.165) is 0 Å². The molecule has 0 bridgehead atoms. The van der Waals surface area contributed by atoms with Crippen LogP contribution >= 0.6 is 0 Å². The first-order valence-corrected chi connectivity index (χ1v) is 7.30. The number of rotatable bonds is 2. The van der Waals surface area contributed by atoms with E-state index in [4.69, 9.17) is 0 Å². The summed E-state index contributed by atoms with van der Waals surface area (Å²) in [6, 6.07) is 15.3. The molecule has 1 aliphatic carbocycles. The maximum atomic E-state index is 9.35. The van der Waals surface area contributed by atoms with E-state index < -0.39 is 0 Å². The number of aromatic hydroxyl groups is 2. The molecule has 0 atom stereocenters. The third kappa shape index (κ3) is 2.79. The van der Waals surface area contributed by atoms with Gasteiger partial charge in [-0.25, -0.2) is 0 Å². The molecule has 0 aliphatic heterocycles. The molecular weight excluding hydrogens is 248 g/mol. The third-order valence-electron chi connectivity index (χ3n) is 4.46. The van der Waals surface area contributed by atoms with Gasteiger partial charge in [-0.15, -0.1) is 0 Å². The van der Waals surface area contributed by atoms with Crippen LogP contribution in [0.4, 0.5) is 0 Å². The van der Waals surface area contributed by atoms with E-state index in [1.54, 1.807) is 24.3 Å². The molecule has 2 aromatic rings. The maximum absolute atomic E-state index is 9.35. The fraction of sp³-hybridized carbons (Fsp3) is 0.333. The van der Waals surface area contributed by atoms with Crippen LogP contribution in [0.2, 0.25) is 0 Å². The van der Waals surface area contributed by atoms with Crippen molar-refractivity contribution in [3.05, 3.63) is 59.7 Å². The van der Waals surface area contributed by atoms with Crippen molar-refractivity contribution < 1.29 is 10.2 Å². The standard InChI is InChI=1S/C18H20O2/c19-17-9-5-15(6-10-17)13-1-2-14(4-3-13)16-7-11-18(20)12-8-16/h5-14,19-20H,1-4H2. The Kier molecular flexibility index (Phi) is 3.64. The van der Waals surface area contributed by atoms with Crippen molar-refractivity contribution in [2.45, 2.75) is 37.5 Å². The lowest BCUT2D eigenvalue weighted by molar-refractivity contribution is 0.395. The van der Waals surface area contributed by atoms with E-state index in [9.17, 15) is 10.2 Å². The van der Waals surface area contributed by atoms with Gasteiger partial charge in [-0.1, -0.05) is 24.3 Å². The minimum Gasteiger partial charge on any atom is -0.508 e. The van der Waals surface area contributed by atoms with E-state index in [1.807, 2.05) is 24.3 Å². The Bertz CT molecular complexity index is 495. The summed E-state index contributed by atoms with van der Waals surface area (Å²) >= 11 is 0. The Morgan fingerprint density at radius 1 is 0.550 bits per heavy atom. The molecule has 1 fully saturated rings. The lowest BCUT2D eigenvalue weighted by atomic mass is 9.76. The normalized spacial score (nSPS) is 22.6. The molecule has 3 rings (SSSR count). The quantitative estimate of drug-likeness (QED) is 0.839. The Morgan fingerprint density at radius 3 is 1.15 bits per heavy atom. The summed E-state index contributed by atoms with van der Waals surface area (Å²) < 4.78 is 0. The third-order valence-corrected chi connectivity index (χ3v) is 4.46. The molecule has 0 heterocycles. The number of benzene rings is 2. The second kappa shape index (κ2) is 5.58. The Labute approximate surface area is 119 Å². The molecule has 104 valence electrons. The second-order valence-corrected chi connectivity index (χ2v) is 5.73. The number of hydrogen-bond donors (Lipinski definition) is 2. The van der Waals surface area contributed by atoms with Crippen LogP contribution in [0.25, 0.3) is 0 Å². The van der Waals surface area contributed by atoms with Crippen LogP contribution in [0.5, 0.6) is 11.5 Å². The van der Waals surface area contributed by atoms with Crippen LogP contribution in [-0.4, -0.2) is 10.2 Å². The van der Waals surface area contributed by atoms with Gasteiger partial charge in [0.05, 0.1) is 0 Å². The van der Waals surface area contributed by atoms with Gasteiger partial charge in [0.1, 0.15) is 11.5 Å². The lowest BCUT2D eigenvalue weighted by Gasteiger charge is -2.29. The molecule has 1 aliphatic rings. The van der Waals surface area contributed by atoms with Gasteiger partial charge in [0, 0.05) is 0 Å². The number of hydrogen-bond acceptors (Lipinski definition) is 2. The van der Waals surface area contributed by atoms with Crippen molar-refractivity contribution in [3.8, 4) is 11.5 Å². The van der Waals surface area contributed by atoms with Gasteiger partial charge < -0.3 is 10.2 Å². The molecule has 2 heteroatoms. The second-order valence-electron chi connectivity index (χ2n) is 5.73. The molecule has 2 nitrogen and oxygen atoms in total. The molecule has 0 radical (unpaired) electrons. The summed E-state index contributed by atoms with van der Waals surface area (Å²) in [5, 5.41) is 18.7. The first kappa shape index (κ1) is 13.0. The minimum atomic E-state index is 0.339. The van der Waals surface area contributed by atoms with Crippen molar-refractivity contribution in [2.75, 3.05) is 0 Å². The van der Waals surface area contributed by atoms with E-state index >= 15 is 0 Å². The molecular formula is C18H20O2. The smallest absolute Gasteiger partial charge is 0.115 e. The van der Waals surface area contributed by atoms with Crippen molar-refractivity contribution in [1.82, 2.24) is 0 Å². The Balaban J connectivity index is 1.64. The van der Waals surface area contributed by atoms with Crippen LogP contribution in [0, 0.1) is 0 Å². The highest BCUT2D eigenvalue weighted by atomic mass is 16.3. The van der Waals surface area contributed by atoms with Gasteiger partial charge in [-0.3, -0.25) is 0 Å². The summed E-state index contributed by atoms with van der Waals surface area (Å²) in [5.41, 5.74) is 2.68. The molecule has 2 aromatic carbocycles. The highest BCUT2D eigenvalue weighted by Gasteiger charge is 2.23. The molecule has 20 heavy (non-hydrogen) atoms. The van der Waals surface area contributed by atoms with Crippen LogP contribution < -0.4 is 0 Å². The zero-order valence-corrected chi connectivity index (χ0v) is 11.5. The molecule has 0 saturated heterocycles. The largest absolute Gasteiger partial charge is 0.508 e. The van der Waals surface area contributed by atoms with Gasteiger partial charge in [0.15, 0.2) is 0 Å². The summed E-state index contributed by atoms with van der Waals surface area (Å²) in [5.74, 6) is 1.91. The SMILES string of the molecule is Oc1ccc(C2CCC(c3ccc(O)cc3)CC2)cc1. The predicted octanol–water partition coefficient (Wildman–Crippen LogP) is 4.54. The Morgan fingerprint density at radius 2 is 0.850 bits per heavy atom. The van der Waals surface area contributed by atoms with Gasteiger partial charge >= 0.3 is 0 Å². The van der Waals surface area contributed by atoms with E-state index in [-0.39, 0.29) is 0 Å². The summed E-state index contributed by atoms with van der Waals surface area (Å²) in [4.78, 5) is 0. The van der Waals surface area contributed by atoms with Crippen molar-refractivity contribution in [1.29, 1.82) is 0 Å². The highest BCUT2D eigenvalue weighted by molar-refractivity contribution is 5.31. The van der Waals surface area contributed by atoms with Gasteiger partial charge in [0.25, 0.3) is 0 Å². The van der Waals surface area contributed by atoms with Gasteiger partial charge in [-0.2, -0.15) is 0 Å². The summed E-state index contributed by atoms with van der Waals surface area (Å²) in [6.45, 7) is 0. The van der Waals surface area contributed by atoms with Crippen molar-refractivity contribution >= 4 is 0 Å². The van der Waals surface area contributed by atoms with Crippen molar-refractivity contribution in [2.24, 2.45) is 0 Å². The van der Waals surface area contributed by atoms with Gasteiger partial charge in [0.2, 0.25) is 0 Å². The molecule has 0 spiro atoms. The summed E-state index contributed by atoms with van der Waals surface area (Å²) in [7, 11) is 0. The van der Waals surface area contributed by atoms with E-state index in [1.165, 1.54) is 36.8 Å². The molecule has 0 unspecified atom stereocenters. The molecule has 0 amide bonds. The van der Waals surface area contributed by atoms with E-state index in [0.29, 0.717) is 23.3 Å². The Hall–Kier alpha value is -1.96. The number of phenols is 2. The van der Waals surface area contributed by atoms with Crippen LogP contribution in [0.3, 0.4) is 0 Å². The zero-order valence-electron chi connectivity index (χ0n) is 11.5. The summed E-state index contributed by atoms with van der Waals surface area (Å²) in [6.07, 6.45) is 4.76.